The molecule has 1 aromatic heterocycles. The molecule has 7 heteroatoms. The van der Waals surface area contributed by atoms with Crippen molar-refractivity contribution in [3.63, 3.8) is 0 Å². The molecule has 0 saturated carbocycles. The maximum absolute atomic E-state index is 12.1. The SMILES string of the molecule is N#Cc1ccc(CCC(=O)NNC(=O)c2ccc(COc3ccccc3)o2)cc1. The van der Waals surface area contributed by atoms with Crippen LogP contribution in [0.1, 0.15) is 33.9 Å². The second-order valence-corrected chi connectivity index (χ2v) is 6.18. The van der Waals surface area contributed by atoms with Gasteiger partial charge in [0.1, 0.15) is 18.1 Å². The minimum absolute atomic E-state index is 0.0732. The van der Waals surface area contributed by atoms with Crippen molar-refractivity contribution in [2.75, 3.05) is 0 Å². The molecular formula is C22H19N3O4. The number of ether oxygens (including phenoxy) is 1. The molecule has 1 heterocycles. The first-order valence-electron chi connectivity index (χ1n) is 8.99. The number of carbonyl (C=O) groups is 2. The zero-order valence-corrected chi connectivity index (χ0v) is 15.6. The van der Waals surface area contributed by atoms with Gasteiger partial charge in [0.05, 0.1) is 11.6 Å². The highest BCUT2D eigenvalue weighted by molar-refractivity contribution is 5.92. The van der Waals surface area contributed by atoms with Crippen LogP contribution in [0.2, 0.25) is 0 Å². The molecule has 0 aliphatic carbocycles. The van der Waals surface area contributed by atoms with Crippen molar-refractivity contribution in [2.45, 2.75) is 19.4 Å². The summed E-state index contributed by atoms with van der Waals surface area (Å²) in [6.07, 6.45) is 0.690. The van der Waals surface area contributed by atoms with Crippen LogP contribution in [0.5, 0.6) is 5.75 Å². The second kappa shape index (κ2) is 9.76. The van der Waals surface area contributed by atoms with Crippen LogP contribution >= 0.6 is 0 Å². The monoisotopic (exact) mass is 389 g/mol. The van der Waals surface area contributed by atoms with Gasteiger partial charge in [-0.05, 0) is 48.4 Å². The predicted molar refractivity (Wildman–Crippen MR) is 105 cm³/mol. The molecule has 3 rings (SSSR count). The molecule has 0 radical (unpaired) electrons. The molecule has 29 heavy (non-hydrogen) atoms. The molecule has 0 saturated heterocycles. The third kappa shape index (κ3) is 5.97. The summed E-state index contributed by atoms with van der Waals surface area (Å²) < 4.78 is 11.0. The van der Waals surface area contributed by atoms with E-state index in [2.05, 4.69) is 10.9 Å². The van der Waals surface area contributed by atoms with E-state index in [0.29, 0.717) is 23.5 Å². The van der Waals surface area contributed by atoms with E-state index in [1.807, 2.05) is 36.4 Å². The Labute approximate surface area is 167 Å². The van der Waals surface area contributed by atoms with Crippen molar-refractivity contribution in [3.05, 3.63) is 89.4 Å². The van der Waals surface area contributed by atoms with Crippen molar-refractivity contribution < 1.29 is 18.7 Å². The lowest BCUT2D eigenvalue weighted by Gasteiger charge is -2.06. The van der Waals surface area contributed by atoms with Crippen molar-refractivity contribution >= 4 is 11.8 Å². The highest BCUT2D eigenvalue weighted by Gasteiger charge is 2.12. The van der Waals surface area contributed by atoms with E-state index < -0.39 is 5.91 Å². The van der Waals surface area contributed by atoms with Gasteiger partial charge in [-0.25, -0.2) is 0 Å². The van der Waals surface area contributed by atoms with Crippen LogP contribution in [-0.4, -0.2) is 11.8 Å². The molecule has 7 nitrogen and oxygen atoms in total. The quantitative estimate of drug-likeness (QED) is 0.604. The highest BCUT2D eigenvalue weighted by atomic mass is 16.5. The number of para-hydroxylation sites is 1. The average Bonchev–Trinajstić information content (AvgIpc) is 3.25. The third-order valence-corrected chi connectivity index (χ3v) is 4.05. The first kappa shape index (κ1) is 19.7. The highest BCUT2D eigenvalue weighted by Crippen LogP contribution is 2.14. The molecule has 2 N–H and O–H groups in total. The summed E-state index contributed by atoms with van der Waals surface area (Å²) >= 11 is 0. The molecule has 146 valence electrons. The number of rotatable bonds is 7. The first-order valence-corrected chi connectivity index (χ1v) is 8.99. The fourth-order valence-electron chi connectivity index (χ4n) is 2.50. The molecular weight excluding hydrogens is 370 g/mol. The van der Waals surface area contributed by atoms with Gasteiger partial charge in [-0.3, -0.25) is 20.4 Å². The Balaban J connectivity index is 1.41. The molecule has 0 atom stereocenters. The van der Waals surface area contributed by atoms with Gasteiger partial charge in [0.2, 0.25) is 5.91 Å². The minimum atomic E-state index is -0.553. The largest absolute Gasteiger partial charge is 0.486 e. The third-order valence-electron chi connectivity index (χ3n) is 4.05. The van der Waals surface area contributed by atoms with Gasteiger partial charge < -0.3 is 9.15 Å². The van der Waals surface area contributed by atoms with Crippen LogP contribution < -0.4 is 15.6 Å². The smallest absolute Gasteiger partial charge is 0.305 e. The van der Waals surface area contributed by atoms with E-state index >= 15 is 0 Å². The summed E-state index contributed by atoms with van der Waals surface area (Å²) in [6.45, 7) is 0.189. The lowest BCUT2D eigenvalue weighted by Crippen LogP contribution is -2.41. The average molecular weight is 389 g/mol. The molecule has 3 aromatic rings. The summed E-state index contributed by atoms with van der Waals surface area (Å²) in [5.74, 6) is 0.379. The van der Waals surface area contributed by atoms with E-state index in [4.69, 9.17) is 14.4 Å². The Bertz CT molecular complexity index is 1000. The Morgan fingerprint density at radius 2 is 1.72 bits per heavy atom. The molecule has 0 spiro atoms. The van der Waals surface area contributed by atoms with Gasteiger partial charge in [0.25, 0.3) is 0 Å². The topological polar surface area (TPSA) is 104 Å². The number of hydrogen-bond donors (Lipinski definition) is 2. The number of aryl methyl sites for hydroxylation is 1. The van der Waals surface area contributed by atoms with Gasteiger partial charge >= 0.3 is 5.91 Å². The van der Waals surface area contributed by atoms with E-state index in [9.17, 15) is 9.59 Å². The van der Waals surface area contributed by atoms with Gasteiger partial charge in [-0.15, -0.1) is 0 Å². The summed E-state index contributed by atoms with van der Waals surface area (Å²) in [5, 5.41) is 8.78. The molecule has 2 aromatic carbocycles. The van der Waals surface area contributed by atoms with Crippen LogP contribution in [0.15, 0.2) is 71.1 Å². The standard InChI is InChI=1S/C22H19N3O4/c23-14-17-8-6-16(7-9-17)10-13-21(26)24-25-22(27)20-12-11-19(29-20)15-28-18-4-2-1-3-5-18/h1-9,11-12H,10,13,15H2,(H,24,26)(H,25,27). The lowest BCUT2D eigenvalue weighted by molar-refractivity contribution is -0.121. The number of hydrogen-bond acceptors (Lipinski definition) is 5. The molecule has 0 aliphatic heterocycles. The van der Waals surface area contributed by atoms with Crippen molar-refractivity contribution in [2.24, 2.45) is 0 Å². The minimum Gasteiger partial charge on any atom is -0.486 e. The summed E-state index contributed by atoms with van der Waals surface area (Å²) in [5.41, 5.74) is 6.18. The number of nitriles is 1. The van der Waals surface area contributed by atoms with Gasteiger partial charge in [0, 0.05) is 6.42 Å². The normalized spacial score (nSPS) is 10.0. The number of furan rings is 1. The predicted octanol–water partition coefficient (Wildman–Crippen LogP) is 3.12. The molecule has 0 fully saturated rings. The number of amides is 2. The molecule has 0 bridgehead atoms. The van der Waals surface area contributed by atoms with Crippen LogP contribution in [0.25, 0.3) is 0 Å². The summed E-state index contributed by atoms with van der Waals surface area (Å²) in [4.78, 5) is 24.0. The van der Waals surface area contributed by atoms with Crippen LogP contribution in [0.4, 0.5) is 0 Å². The number of nitrogens with one attached hydrogen (secondary N) is 2. The second-order valence-electron chi connectivity index (χ2n) is 6.18. The van der Waals surface area contributed by atoms with Crippen LogP contribution in [0, 0.1) is 11.3 Å². The summed E-state index contributed by atoms with van der Waals surface area (Å²) in [6, 6.07) is 21.5. The Kier molecular flexibility index (Phi) is 6.63. The molecule has 2 amide bonds. The van der Waals surface area contributed by atoms with E-state index in [-0.39, 0.29) is 24.7 Å². The molecule has 0 aliphatic rings. The van der Waals surface area contributed by atoms with E-state index in [1.165, 1.54) is 6.07 Å². The number of hydrazine groups is 1. The Morgan fingerprint density at radius 1 is 0.966 bits per heavy atom. The van der Waals surface area contributed by atoms with Crippen LogP contribution in [0.3, 0.4) is 0 Å². The lowest BCUT2D eigenvalue weighted by atomic mass is 10.1. The van der Waals surface area contributed by atoms with Crippen molar-refractivity contribution in [3.8, 4) is 11.8 Å². The molecule has 0 unspecified atom stereocenters. The van der Waals surface area contributed by atoms with Gasteiger partial charge in [-0.2, -0.15) is 5.26 Å². The van der Waals surface area contributed by atoms with E-state index in [0.717, 1.165) is 5.56 Å². The van der Waals surface area contributed by atoms with E-state index in [1.54, 1.807) is 30.3 Å². The Hall–Kier alpha value is -4.05. The fraction of sp³-hybridized carbons (Fsp3) is 0.136. The summed E-state index contributed by atoms with van der Waals surface area (Å²) in [7, 11) is 0. The van der Waals surface area contributed by atoms with Crippen molar-refractivity contribution in [1.82, 2.24) is 10.9 Å². The number of benzene rings is 2. The van der Waals surface area contributed by atoms with Crippen LogP contribution in [-0.2, 0) is 17.8 Å². The number of carbonyl (C=O) groups excluding carboxylic acids is 2. The van der Waals surface area contributed by atoms with Gasteiger partial charge in [0.15, 0.2) is 5.76 Å². The first-order chi connectivity index (χ1) is 14.1. The maximum Gasteiger partial charge on any atom is 0.305 e. The van der Waals surface area contributed by atoms with Gasteiger partial charge in [-0.1, -0.05) is 30.3 Å². The zero-order valence-electron chi connectivity index (χ0n) is 15.6. The fourth-order valence-corrected chi connectivity index (χ4v) is 2.50. The Morgan fingerprint density at radius 3 is 2.45 bits per heavy atom. The number of nitrogens with zero attached hydrogens (tertiary/aromatic N) is 1. The zero-order chi connectivity index (χ0) is 20.5. The maximum atomic E-state index is 12.1. The van der Waals surface area contributed by atoms with Crippen molar-refractivity contribution in [1.29, 1.82) is 5.26 Å².